The lowest BCUT2D eigenvalue weighted by atomic mass is 9.76. The first-order chi connectivity index (χ1) is 5.01. The van der Waals surface area contributed by atoms with Crippen molar-refractivity contribution in [3.8, 4) is 0 Å². The van der Waals surface area contributed by atoms with E-state index in [4.69, 9.17) is 0 Å². The van der Waals surface area contributed by atoms with E-state index in [-0.39, 0.29) is 6.10 Å². The molecule has 0 aliphatic heterocycles. The van der Waals surface area contributed by atoms with E-state index in [1.54, 1.807) is 0 Å². The molecule has 0 aromatic heterocycles. The van der Waals surface area contributed by atoms with Gasteiger partial charge in [0.05, 0.1) is 6.10 Å². The fourth-order valence-electron chi connectivity index (χ4n) is 4.31. The van der Waals surface area contributed by atoms with Gasteiger partial charge in [0.15, 0.2) is 0 Å². The standard InChI is InChI=1S/C10H16O/c1-9(2)6-4-5-7(8(6)11)10(5,9)3/h5-8,11H,4H2,1-3H3. The molecule has 0 aromatic carbocycles. The number of rotatable bonds is 0. The molecule has 4 aliphatic carbocycles. The summed E-state index contributed by atoms with van der Waals surface area (Å²) in [5, 5.41) is 9.85. The minimum Gasteiger partial charge on any atom is -0.392 e. The van der Waals surface area contributed by atoms with Gasteiger partial charge >= 0.3 is 0 Å². The largest absolute Gasteiger partial charge is 0.392 e. The van der Waals surface area contributed by atoms with Gasteiger partial charge in [0.2, 0.25) is 0 Å². The zero-order valence-corrected chi connectivity index (χ0v) is 7.46. The topological polar surface area (TPSA) is 20.2 Å². The molecule has 0 spiro atoms. The van der Waals surface area contributed by atoms with E-state index in [2.05, 4.69) is 20.8 Å². The Morgan fingerprint density at radius 1 is 1.18 bits per heavy atom. The summed E-state index contributed by atoms with van der Waals surface area (Å²) in [6.45, 7) is 7.06. The Hall–Kier alpha value is -0.0400. The van der Waals surface area contributed by atoms with Gasteiger partial charge in [-0.2, -0.15) is 0 Å². The Bertz CT molecular complexity index is 228. The Labute approximate surface area is 67.8 Å². The monoisotopic (exact) mass is 152 g/mol. The summed E-state index contributed by atoms with van der Waals surface area (Å²) in [4.78, 5) is 0. The highest BCUT2D eigenvalue weighted by atomic mass is 16.3. The van der Waals surface area contributed by atoms with Gasteiger partial charge in [-0.05, 0) is 35.0 Å². The van der Waals surface area contributed by atoms with Crippen molar-refractivity contribution in [3.63, 3.8) is 0 Å². The molecule has 62 valence electrons. The van der Waals surface area contributed by atoms with Crippen molar-refractivity contribution in [3.05, 3.63) is 0 Å². The molecular formula is C10H16O. The molecule has 1 nitrogen and oxygen atoms in total. The third-order valence-electron chi connectivity index (χ3n) is 5.39. The summed E-state index contributed by atoms with van der Waals surface area (Å²) >= 11 is 0. The Morgan fingerprint density at radius 3 is 1.91 bits per heavy atom. The lowest BCUT2D eigenvalue weighted by molar-refractivity contribution is 0.0951. The fraction of sp³-hybridized carbons (Fsp3) is 1.00. The molecule has 1 heteroatoms. The quantitative estimate of drug-likeness (QED) is 0.559. The van der Waals surface area contributed by atoms with Gasteiger partial charge in [-0.3, -0.25) is 0 Å². The molecule has 0 radical (unpaired) electrons. The van der Waals surface area contributed by atoms with Crippen molar-refractivity contribution in [1.29, 1.82) is 0 Å². The van der Waals surface area contributed by atoms with Crippen LogP contribution >= 0.6 is 0 Å². The van der Waals surface area contributed by atoms with Crippen LogP contribution in [-0.4, -0.2) is 11.2 Å². The lowest BCUT2D eigenvalue weighted by Crippen LogP contribution is -2.25. The molecule has 5 atom stereocenters. The van der Waals surface area contributed by atoms with Crippen molar-refractivity contribution in [2.75, 3.05) is 0 Å². The maximum Gasteiger partial charge on any atom is 0.0610 e. The average Bonchev–Trinajstić information content (AvgIpc) is 2.14. The van der Waals surface area contributed by atoms with Crippen LogP contribution in [0.1, 0.15) is 27.2 Å². The number of hydrogen-bond acceptors (Lipinski definition) is 1. The third kappa shape index (κ3) is 0.376. The van der Waals surface area contributed by atoms with Crippen LogP contribution < -0.4 is 0 Å². The van der Waals surface area contributed by atoms with Crippen molar-refractivity contribution in [1.82, 2.24) is 0 Å². The highest BCUT2D eigenvalue weighted by Gasteiger charge is 2.83. The number of aliphatic hydroxyl groups is 1. The molecule has 4 fully saturated rings. The Kier molecular flexibility index (Phi) is 0.755. The SMILES string of the molecule is CC1(C)C2CC3C(C2O)C31C. The molecule has 0 amide bonds. The van der Waals surface area contributed by atoms with E-state index in [1.807, 2.05) is 0 Å². The molecule has 0 heterocycles. The summed E-state index contributed by atoms with van der Waals surface area (Å²) in [7, 11) is 0. The van der Waals surface area contributed by atoms with Crippen molar-refractivity contribution >= 4 is 0 Å². The Balaban J connectivity index is 2.16. The number of aliphatic hydroxyl groups excluding tert-OH is 1. The second-order valence-electron chi connectivity index (χ2n) is 5.47. The first kappa shape index (κ1) is 6.47. The Morgan fingerprint density at radius 2 is 1.82 bits per heavy atom. The van der Waals surface area contributed by atoms with Gasteiger partial charge in [-0.1, -0.05) is 20.8 Å². The minimum absolute atomic E-state index is 0.0417. The molecular weight excluding hydrogens is 136 g/mol. The number of hydrogen-bond donors (Lipinski definition) is 1. The van der Waals surface area contributed by atoms with E-state index >= 15 is 0 Å². The maximum atomic E-state index is 9.85. The van der Waals surface area contributed by atoms with Gasteiger partial charge in [-0.15, -0.1) is 0 Å². The van der Waals surface area contributed by atoms with Crippen LogP contribution in [0.2, 0.25) is 0 Å². The zero-order chi connectivity index (χ0) is 8.02. The van der Waals surface area contributed by atoms with Crippen molar-refractivity contribution < 1.29 is 5.11 Å². The summed E-state index contributed by atoms with van der Waals surface area (Å²) < 4.78 is 0. The van der Waals surface area contributed by atoms with Crippen LogP contribution in [0.3, 0.4) is 0 Å². The predicted octanol–water partition coefficient (Wildman–Crippen LogP) is 1.66. The molecule has 4 rings (SSSR count). The average molecular weight is 152 g/mol. The van der Waals surface area contributed by atoms with E-state index in [0.29, 0.717) is 22.7 Å². The van der Waals surface area contributed by atoms with E-state index in [0.717, 1.165) is 5.92 Å². The van der Waals surface area contributed by atoms with Crippen LogP contribution in [0.4, 0.5) is 0 Å². The van der Waals surface area contributed by atoms with Gasteiger partial charge in [0.1, 0.15) is 0 Å². The fourth-order valence-corrected chi connectivity index (χ4v) is 4.31. The zero-order valence-electron chi connectivity index (χ0n) is 7.46. The highest BCUT2D eigenvalue weighted by Crippen LogP contribution is 2.85. The molecule has 0 saturated heterocycles. The summed E-state index contributed by atoms with van der Waals surface area (Å²) in [6.07, 6.45) is 1.34. The van der Waals surface area contributed by atoms with Gasteiger partial charge in [0.25, 0.3) is 0 Å². The predicted molar refractivity (Wildman–Crippen MR) is 43.0 cm³/mol. The summed E-state index contributed by atoms with van der Waals surface area (Å²) in [6, 6.07) is 0. The van der Waals surface area contributed by atoms with Gasteiger partial charge in [-0.25, -0.2) is 0 Å². The second-order valence-corrected chi connectivity index (χ2v) is 5.47. The van der Waals surface area contributed by atoms with Crippen LogP contribution in [0.25, 0.3) is 0 Å². The molecule has 5 unspecified atom stereocenters. The second kappa shape index (κ2) is 1.28. The van der Waals surface area contributed by atoms with Crippen molar-refractivity contribution in [2.45, 2.75) is 33.3 Å². The molecule has 4 aliphatic rings. The van der Waals surface area contributed by atoms with Crippen LogP contribution in [0.15, 0.2) is 0 Å². The molecule has 1 N–H and O–H groups in total. The van der Waals surface area contributed by atoms with E-state index in [9.17, 15) is 5.11 Å². The van der Waals surface area contributed by atoms with Crippen LogP contribution in [-0.2, 0) is 0 Å². The maximum absolute atomic E-state index is 9.85. The third-order valence-corrected chi connectivity index (χ3v) is 5.39. The molecule has 4 bridgehead atoms. The smallest absolute Gasteiger partial charge is 0.0610 e. The lowest BCUT2D eigenvalue weighted by Gasteiger charge is -2.29. The molecule has 11 heavy (non-hydrogen) atoms. The van der Waals surface area contributed by atoms with E-state index in [1.165, 1.54) is 6.42 Å². The summed E-state index contributed by atoms with van der Waals surface area (Å²) in [5.41, 5.74) is 0.929. The highest BCUT2D eigenvalue weighted by molar-refractivity contribution is 5.31. The van der Waals surface area contributed by atoms with E-state index < -0.39 is 0 Å². The molecule has 4 saturated carbocycles. The summed E-state index contributed by atoms with van der Waals surface area (Å²) in [5.74, 6) is 2.16. The van der Waals surface area contributed by atoms with Crippen molar-refractivity contribution in [2.24, 2.45) is 28.6 Å². The minimum atomic E-state index is 0.0417. The van der Waals surface area contributed by atoms with Gasteiger partial charge < -0.3 is 5.11 Å². The van der Waals surface area contributed by atoms with Crippen LogP contribution in [0, 0.1) is 28.6 Å². The normalized spacial score (nSPS) is 68.7. The van der Waals surface area contributed by atoms with Gasteiger partial charge in [0, 0.05) is 0 Å². The molecule has 0 aromatic rings. The first-order valence-corrected chi connectivity index (χ1v) is 4.69. The first-order valence-electron chi connectivity index (χ1n) is 4.69. The van der Waals surface area contributed by atoms with Crippen LogP contribution in [0.5, 0.6) is 0 Å².